The van der Waals surface area contributed by atoms with E-state index in [1.54, 1.807) is 0 Å². The lowest BCUT2D eigenvalue weighted by atomic mass is 10.2. The first-order valence-electron chi connectivity index (χ1n) is 7.68. The number of carboxylic acids is 1. The number of carboxylic acid groups (broad SMARTS) is 1. The monoisotopic (exact) mass is 394 g/mol. The van der Waals surface area contributed by atoms with Gasteiger partial charge in [0.2, 0.25) is 10.0 Å². The van der Waals surface area contributed by atoms with Crippen LogP contribution in [0.4, 0.5) is 0 Å². The molecule has 1 aliphatic rings. The van der Waals surface area contributed by atoms with Gasteiger partial charge in [0.05, 0.1) is 15.6 Å². The molecule has 0 radical (unpaired) electrons. The Hall–Kier alpha value is -0.860. The summed E-state index contributed by atoms with van der Waals surface area (Å²) < 4.78 is 27.1. The molecule has 1 heterocycles. The number of sulfonamides is 1. The van der Waals surface area contributed by atoms with Crippen molar-refractivity contribution in [1.29, 1.82) is 0 Å². The van der Waals surface area contributed by atoms with Crippen molar-refractivity contribution < 1.29 is 18.3 Å². The van der Waals surface area contributed by atoms with E-state index in [1.807, 2.05) is 13.8 Å². The molecule has 0 spiro atoms. The lowest BCUT2D eigenvalue weighted by Gasteiger charge is -2.26. The minimum absolute atomic E-state index is 0.0729. The summed E-state index contributed by atoms with van der Waals surface area (Å²) in [6.07, 6.45) is 0.734. The Labute approximate surface area is 152 Å². The van der Waals surface area contributed by atoms with Crippen LogP contribution in [0.2, 0.25) is 10.0 Å². The van der Waals surface area contributed by atoms with Crippen LogP contribution in [0.15, 0.2) is 17.0 Å². The predicted octanol–water partition coefficient (Wildman–Crippen LogP) is 2.80. The van der Waals surface area contributed by atoms with Gasteiger partial charge in [0.1, 0.15) is 4.90 Å². The van der Waals surface area contributed by atoms with Gasteiger partial charge in [-0.1, -0.05) is 37.0 Å². The maximum Gasteiger partial charge on any atom is 0.337 e. The number of carbonyl (C=O) groups is 1. The van der Waals surface area contributed by atoms with Crippen LogP contribution in [0.1, 0.15) is 30.6 Å². The van der Waals surface area contributed by atoms with Gasteiger partial charge in [-0.05, 0) is 31.6 Å². The van der Waals surface area contributed by atoms with Crippen molar-refractivity contribution in [3.8, 4) is 0 Å². The topological polar surface area (TPSA) is 77.9 Å². The summed E-state index contributed by atoms with van der Waals surface area (Å²) in [5, 5.41) is 8.99. The molecule has 0 bridgehead atoms. The highest BCUT2D eigenvalue weighted by atomic mass is 35.5. The van der Waals surface area contributed by atoms with E-state index in [2.05, 4.69) is 4.90 Å². The average Bonchev–Trinajstić information content (AvgIpc) is 2.98. The fourth-order valence-electron chi connectivity index (χ4n) is 3.00. The molecule has 0 amide bonds. The number of halogens is 2. The molecule has 0 aliphatic carbocycles. The minimum atomic E-state index is -3.87. The molecule has 9 heteroatoms. The molecule has 1 aromatic carbocycles. The molecule has 0 saturated carbocycles. The Bertz CT molecular complexity index is 735. The number of likely N-dealkylation sites (N-methyl/N-ethyl adjacent to an activating group) is 1. The van der Waals surface area contributed by atoms with Crippen LogP contribution in [-0.2, 0) is 10.0 Å². The van der Waals surface area contributed by atoms with Gasteiger partial charge in [-0.2, -0.15) is 4.31 Å². The van der Waals surface area contributed by atoms with Gasteiger partial charge in [0.25, 0.3) is 0 Å². The SMILES string of the molecule is CCN(CC)C1CCN(S(=O)(=O)c2cc(C(=O)O)c(Cl)cc2Cl)C1. The second-order valence-electron chi connectivity index (χ2n) is 5.59. The summed E-state index contributed by atoms with van der Waals surface area (Å²) in [7, 11) is -3.87. The molecule has 134 valence electrons. The van der Waals surface area contributed by atoms with E-state index in [0.717, 1.165) is 31.6 Å². The number of hydrogen-bond donors (Lipinski definition) is 1. The third-order valence-electron chi connectivity index (χ3n) is 4.32. The molecule has 1 aliphatic heterocycles. The van der Waals surface area contributed by atoms with E-state index < -0.39 is 16.0 Å². The Morgan fingerprint density at radius 1 is 1.29 bits per heavy atom. The summed E-state index contributed by atoms with van der Waals surface area (Å²) in [4.78, 5) is 13.2. The molecule has 1 fully saturated rings. The van der Waals surface area contributed by atoms with E-state index in [4.69, 9.17) is 28.3 Å². The summed E-state index contributed by atoms with van der Waals surface area (Å²) in [6.45, 7) is 6.52. The average molecular weight is 395 g/mol. The highest BCUT2D eigenvalue weighted by Gasteiger charge is 2.36. The standard InChI is InChI=1S/C15H20Cl2N2O4S/c1-3-18(4-2)10-5-6-19(9-10)24(22,23)14-7-11(15(20)21)12(16)8-13(14)17/h7-8,10H,3-6,9H2,1-2H3,(H,20,21). The van der Waals surface area contributed by atoms with Crippen LogP contribution in [0.3, 0.4) is 0 Å². The quantitative estimate of drug-likeness (QED) is 0.802. The molecule has 1 saturated heterocycles. The first-order valence-corrected chi connectivity index (χ1v) is 9.88. The minimum Gasteiger partial charge on any atom is -0.478 e. The number of aromatic carboxylic acids is 1. The largest absolute Gasteiger partial charge is 0.478 e. The third kappa shape index (κ3) is 3.70. The highest BCUT2D eigenvalue weighted by molar-refractivity contribution is 7.89. The van der Waals surface area contributed by atoms with Crippen LogP contribution < -0.4 is 0 Å². The fraction of sp³-hybridized carbons (Fsp3) is 0.533. The first-order chi connectivity index (χ1) is 11.2. The van der Waals surface area contributed by atoms with Crippen LogP contribution in [0, 0.1) is 0 Å². The molecule has 24 heavy (non-hydrogen) atoms. The van der Waals surface area contributed by atoms with Crippen molar-refractivity contribution >= 4 is 39.2 Å². The Kier molecular flexibility index (Phi) is 6.14. The number of hydrogen-bond acceptors (Lipinski definition) is 4. The van der Waals surface area contributed by atoms with E-state index in [9.17, 15) is 13.2 Å². The number of benzene rings is 1. The fourth-order valence-corrected chi connectivity index (χ4v) is 5.32. The summed E-state index contributed by atoms with van der Waals surface area (Å²) >= 11 is 11.9. The van der Waals surface area contributed by atoms with Crippen molar-refractivity contribution in [2.75, 3.05) is 26.2 Å². The van der Waals surface area contributed by atoms with Gasteiger partial charge < -0.3 is 5.11 Å². The molecule has 1 aromatic rings. The third-order valence-corrected chi connectivity index (χ3v) is 6.97. The molecule has 0 aromatic heterocycles. The second kappa shape index (κ2) is 7.58. The Balaban J connectivity index is 2.35. The molecule has 2 rings (SSSR count). The lowest BCUT2D eigenvalue weighted by molar-refractivity contribution is 0.0697. The number of rotatable bonds is 6. The van der Waals surface area contributed by atoms with Crippen molar-refractivity contribution in [2.45, 2.75) is 31.2 Å². The van der Waals surface area contributed by atoms with Crippen molar-refractivity contribution in [1.82, 2.24) is 9.21 Å². The molecule has 6 nitrogen and oxygen atoms in total. The summed E-state index contributed by atoms with van der Waals surface area (Å²) in [6, 6.07) is 2.35. The summed E-state index contributed by atoms with van der Waals surface area (Å²) in [5.74, 6) is -1.30. The van der Waals surface area contributed by atoms with Crippen molar-refractivity contribution in [2.24, 2.45) is 0 Å². The van der Waals surface area contributed by atoms with E-state index in [0.29, 0.717) is 13.1 Å². The van der Waals surface area contributed by atoms with E-state index in [-0.39, 0.29) is 26.5 Å². The van der Waals surface area contributed by atoms with Gasteiger partial charge in [-0.3, -0.25) is 4.90 Å². The molecular formula is C15H20Cl2N2O4S. The number of nitrogens with zero attached hydrogens (tertiary/aromatic N) is 2. The molecule has 1 N–H and O–H groups in total. The maximum absolute atomic E-state index is 12.9. The van der Waals surface area contributed by atoms with Crippen molar-refractivity contribution in [3.05, 3.63) is 27.7 Å². The zero-order valence-electron chi connectivity index (χ0n) is 13.5. The molecule has 1 unspecified atom stereocenters. The molecule has 1 atom stereocenters. The zero-order chi connectivity index (χ0) is 18.1. The van der Waals surface area contributed by atoms with Crippen molar-refractivity contribution in [3.63, 3.8) is 0 Å². The second-order valence-corrected chi connectivity index (χ2v) is 8.32. The van der Waals surface area contributed by atoms with Crippen LogP contribution >= 0.6 is 23.2 Å². The highest BCUT2D eigenvalue weighted by Crippen LogP contribution is 2.32. The zero-order valence-corrected chi connectivity index (χ0v) is 15.8. The van der Waals surface area contributed by atoms with Gasteiger partial charge >= 0.3 is 5.97 Å². The summed E-state index contributed by atoms with van der Waals surface area (Å²) in [5.41, 5.74) is -0.279. The van der Waals surface area contributed by atoms with Crippen LogP contribution in [-0.4, -0.2) is 60.9 Å². The van der Waals surface area contributed by atoms with E-state index in [1.165, 1.54) is 4.31 Å². The Morgan fingerprint density at radius 3 is 2.46 bits per heavy atom. The predicted molar refractivity (Wildman–Crippen MR) is 93.5 cm³/mol. The normalized spacial score (nSPS) is 19.1. The van der Waals surface area contributed by atoms with Gasteiger partial charge in [0.15, 0.2) is 0 Å². The van der Waals surface area contributed by atoms with Gasteiger partial charge in [0, 0.05) is 19.1 Å². The van der Waals surface area contributed by atoms with Crippen LogP contribution in [0.25, 0.3) is 0 Å². The van der Waals surface area contributed by atoms with Gasteiger partial charge in [-0.25, -0.2) is 13.2 Å². The van der Waals surface area contributed by atoms with Crippen LogP contribution in [0.5, 0.6) is 0 Å². The first kappa shape index (κ1) is 19.5. The van der Waals surface area contributed by atoms with E-state index >= 15 is 0 Å². The lowest BCUT2D eigenvalue weighted by Crippen LogP contribution is -2.38. The Morgan fingerprint density at radius 2 is 1.92 bits per heavy atom. The molecular weight excluding hydrogens is 375 g/mol. The van der Waals surface area contributed by atoms with Gasteiger partial charge in [-0.15, -0.1) is 0 Å². The smallest absolute Gasteiger partial charge is 0.337 e. The maximum atomic E-state index is 12.9.